The molecule has 0 bridgehead atoms. The molecule has 1 unspecified atom stereocenters. The minimum Gasteiger partial charge on any atom is -0.497 e. The number of hydrogen-bond donors (Lipinski definition) is 3. The molecular weight excluding hydrogens is 633 g/mol. The average molecular weight is 665 g/mol. The van der Waals surface area contributed by atoms with Crippen molar-refractivity contribution in [3.8, 4) is 11.5 Å². The summed E-state index contributed by atoms with van der Waals surface area (Å²) in [4.78, 5) is 40.5. The molecule has 0 heterocycles. The SMILES string of the molecule is CCC(Sc1cccc(NC(=O)/C(=C\c2c(Cl)cccc2Cl)NC(=O)c2ccccc2)c1)C(=O)Nc1cc(OC)ccc1OC. The first-order valence-corrected chi connectivity index (χ1v) is 15.5. The van der Waals surface area contributed by atoms with E-state index in [1.807, 2.05) is 13.0 Å². The Labute approximate surface area is 276 Å². The molecule has 0 fully saturated rings. The van der Waals surface area contributed by atoms with Crippen LogP contribution >= 0.6 is 35.0 Å². The Hall–Kier alpha value is -4.44. The molecule has 8 nitrogen and oxygen atoms in total. The number of carbonyl (C=O) groups excluding carboxylic acids is 3. The van der Waals surface area contributed by atoms with E-state index in [9.17, 15) is 14.4 Å². The molecule has 0 aliphatic heterocycles. The molecule has 3 N–H and O–H groups in total. The number of rotatable bonds is 12. The minimum atomic E-state index is -0.590. The van der Waals surface area contributed by atoms with Gasteiger partial charge in [-0.15, -0.1) is 11.8 Å². The van der Waals surface area contributed by atoms with Gasteiger partial charge in [0, 0.05) is 37.8 Å². The molecule has 0 radical (unpaired) electrons. The number of benzene rings is 4. The predicted octanol–water partition coefficient (Wildman–Crippen LogP) is 7.93. The zero-order valence-corrected chi connectivity index (χ0v) is 27.1. The van der Waals surface area contributed by atoms with E-state index in [0.717, 1.165) is 4.90 Å². The van der Waals surface area contributed by atoms with Gasteiger partial charge in [0.25, 0.3) is 11.8 Å². The summed E-state index contributed by atoms with van der Waals surface area (Å²) < 4.78 is 10.7. The zero-order valence-electron chi connectivity index (χ0n) is 24.7. The van der Waals surface area contributed by atoms with Gasteiger partial charge in [0.1, 0.15) is 17.2 Å². The largest absolute Gasteiger partial charge is 0.497 e. The number of nitrogens with one attached hydrogen (secondary N) is 3. The Morgan fingerprint density at radius 3 is 2.22 bits per heavy atom. The monoisotopic (exact) mass is 663 g/mol. The highest BCUT2D eigenvalue weighted by Crippen LogP contribution is 2.33. The predicted molar refractivity (Wildman–Crippen MR) is 182 cm³/mol. The normalized spacial score (nSPS) is 11.7. The van der Waals surface area contributed by atoms with Crippen molar-refractivity contribution in [2.75, 3.05) is 24.9 Å². The molecule has 1 atom stereocenters. The first kappa shape index (κ1) is 33.5. The molecule has 232 valence electrons. The van der Waals surface area contributed by atoms with E-state index >= 15 is 0 Å². The van der Waals surface area contributed by atoms with Crippen molar-refractivity contribution >= 4 is 70.1 Å². The first-order valence-electron chi connectivity index (χ1n) is 13.9. The van der Waals surface area contributed by atoms with Crippen LogP contribution < -0.4 is 25.4 Å². The van der Waals surface area contributed by atoms with Crippen LogP contribution in [0.15, 0.2) is 102 Å². The molecule has 4 rings (SSSR count). The van der Waals surface area contributed by atoms with Gasteiger partial charge in [-0.05, 0) is 67.1 Å². The number of hydrogen-bond acceptors (Lipinski definition) is 6. The number of ether oxygens (including phenoxy) is 2. The Balaban J connectivity index is 1.53. The Morgan fingerprint density at radius 2 is 1.56 bits per heavy atom. The lowest BCUT2D eigenvalue weighted by Crippen LogP contribution is -2.30. The molecule has 0 aliphatic rings. The van der Waals surface area contributed by atoms with Gasteiger partial charge in [0.05, 0.1) is 25.2 Å². The third-order valence-corrected chi connectivity index (χ3v) is 8.53. The van der Waals surface area contributed by atoms with Gasteiger partial charge in [-0.2, -0.15) is 0 Å². The van der Waals surface area contributed by atoms with Crippen LogP contribution in [-0.2, 0) is 9.59 Å². The summed E-state index contributed by atoms with van der Waals surface area (Å²) in [7, 11) is 3.08. The number of halogens is 2. The van der Waals surface area contributed by atoms with Crippen LogP contribution in [0.1, 0.15) is 29.3 Å². The molecule has 45 heavy (non-hydrogen) atoms. The Bertz CT molecular complexity index is 1700. The van der Waals surface area contributed by atoms with Gasteiger partial charge < -0.3 is 25.4 Å². The second-order valence-corrected chi connectivity index (χ2v) is 11.7. The van der Waals surface area contributed by atoms with E-state index in [2.05, 4.69) is 16.0 Å². The molecule has 11 heteroatoms. The van der Waals surface area contributed by atoms with Crippen LogP contribution in [0, 0.1) is 0 Å². The summed E-state index contributed by atoms with van der Waals surface area (Å²) in [6, 6.07) is 25.7. The van der Waals surface area contributed by atoms with Crippen molar-refractivity contribution in [3.63, 3.8) is 0 Å². The van der Waals surface area contributed by atoms with E-state index in [4.69, 9.17) is 32.7 Å². The Morgan fingerprint density at radius 1 is 0.844 bits per heavy atom. The van der Waals surface area contributed by atoms with Crippen LogP contribution in [0.4, 0.5) is 11.4 Å². The second-order valence-electron chi connectivity index (χ2n) is 9.57. The van der Waals surface area contributed by atoms with Crippen LogP contribution in [0.3, 0.4) is 0 Å². The summed E-state index contributed by atoms with van der Waals surface area (Å²) in [5.74, 6) is -0.189. The van der Waals surface area contributed by atoms with Crippen LogP contribution in [-0.4, -0.2) is 37.2 Å². The standard InChI is InChI=1S/C34H31Cl2N3O5S/c1-4-31(34(42)38-28-19-23(43-2)16-17-30(28)44-3)45-24-13-8-12-22(18-24)37-33(41)29(20-25-26(35)14-9-15-27(25)36)39-32(40)21-10-6-5-7-11-21/h5-20,31H,4H2,1-3H3,(H,37,41)(H,38,42)(H,39,40)/b29-20+. The lowest BCUT2D eigenvalue weighted by molar-refractivity contribution is -0.116. The topological polar surface area (TPSA) is 106 Å². The highest BCUT2D eigenvalue weighted by atomic mass is 35.5. The van der Waals surface area contributed by atoms with Crippen molar-refractivity contribution in [2.45, 2.75) is 23.5 Å². The van der Waals surface area contributed by atoms with E-state index < -0.39 is 17.1 Å². The average Bonchev–Trinajstić information content (AvgIpc) is 3.05. The van der Waals surface area contributed by atoms with Gasteiger partial charge in [0.15, 0.2) is 0 Å². The molecule has 4 aromatic rings. The highest BCUT2D eigenvalue weighted by Gasteiger charge is 2.21. The molecule has 0 aromatic heterocycles. The summed E-state index contributed by atoms with van der Waals surface area (Å²) in [6.45, 7) is 1.91. The molecule has 0 spiro atoms. The number of methoxy groups -OCH3 is 2. The maximum absolute atomic E-state index is 13.5. The third kappa shape index (κ3) is 9.04. The fourth-order valence-electron chi connectivity index (χ4n) is 4.19. The second kappa shape index (κ2) is 16.0. The van der Waals surface area contributed by atoms with Crippen molar-refractivity contribution < 1.29 is 23.9 Å². The van der Waals surface area contributed by atoms with E-state index in [0.29, 0.717) is 50.5 Å². The number of thioether (sulfide) groups is 1. The van der Waals surface area contributed by atoms with Crippen LogP contribution in [0.5, 0.6) is 11.5 Å². The van der Waals surface area contributed by atoms with Crippen molar-refractivity contribution in [2.24, 2.45) is 0 Å². The van der Waals surface area contributed by atoms with E-state index in [-0.39, 0.29) is 11.6 Å². The maximum Gasteiger partial charge on any atom is 0.272 e. The quantitative estimate of drug-likeness (QED) is 0.105. The maximum atomic E-state index is 13.5. The van der Waals surface area contributed by atoms with Gasteiger partial charge in [-0.25, -0.2) is 0 Å². The molecule has 0 aliphatic carbocycles. The first-order chi connectivity index (χ1) is 21.7. The molecule has 0 saturated carbocycles. The highest BCUT2D eigenvalue weighted by molar-refractivity contribution is 8.00. The van der Waals surface area contributed by atoms with E-state index in [1.54, 1.807) is 92.0 Å². The summed E-state index contributed by atoms with van der Waals surface area (Å²) in [6.07, 6.45) is 1.97. The number of amides is 3. The van der Waals surface area contributed by atoms with Crippen molar-refractivity contribution in [3.05, 3.63) is 118 Å². The van der Waals surface area contributed by atoms with Gasteiger partial charge in [0.2, 0.25) is 5.91 Å². The fraction of sp³-hybridized carbons (Fsp3) is 0.147. The van der Waals surface area contributed by atoms with Gasteiger partial charge in [-0.1, -0.05) is 60.5 Å². The smallest absolute Gasteiger partial charge is 0.272 e. The molecular formula is C34H31Cl2N3O5S. The van der Waals surface area contributed by atoms with E-state index in [1.165, 1.54) is 24.9 Å². The molecule has 0 saturated heterocycles. The fourth-order valence-corrected chi connectivity index (χ4v) is 5.71. The minimum absolute atomic E-state index is 0.0602. The summed E-state index contributed by atoms with van der Waals surface area (Å²) in [5, 5.41) is 8.63. The summed E-state index contributed by atoms with van der Waals surface area (Å²) in [5.41, 5.74) is 1.65. The van der Waals surface area contributed by atoms with Crippen molar-refractivity contribution in [1.82, 2.24) is 5.32 Å². The van der Waals surface area contributed by atoms with Crippen LogP contribution in [0.25, 0.3) is 6.08 Å². The van der Waals surface area contributed by atoms with Gasteiger partial charge >= 0.3 is 0 Å². The zero-order chi connectivity index (χ0) is 32.3. The lowest BCUT2D eigenvalue weighted by atomic mass is 10.1. The number of anilines is 2. The van der Waals surface area contributed by atoms with Gasteiger partial charge in [-0.3, -0.25) is 14.4 Å². The summed E-state index contributed by atoms with van der Waals surface area (Å²) >= 11 is 14.1. The third-order valence-electron chi connectivity index (χ3n) is 6.52. The van der Waals surface area contributed by atoms with Crippen molar-refractivity contribution in [1.29, 1.82) is 0 Å². The Kier molecular flexibility index (Phi) is 11.9. The molecule has 3 amide bonds. The molecule has 4 aromatic carbocycles. The van der Waals surface area contributed by atoms with Crippen LogP contribution in [0.2, 0.25) is 10.0 Å². The number of carbonyl (C=O) groups is 3. The lowest BCUT2D eigenvalue weighted by Gasteiger charge is -2.17.